The lowest BCUT2D eigenvalue weighted by Gasteiger charge is -2.25. The van der Waals surface area contributed by atoms with Gasteiger partial charge in [0.15, 0.2) is 5.60 Å². The van der Waals surface area contributed by atoms with Crippen molar-refractivity contribution in [3.63, 3.8) is 0 Å². The number of nitrogens with one attached hydrogen (secondary N) is 1. The van der Waals surface area contributed by atoms with Crippen LogP contribution in [-0.4, -0.2) is 22.4 Å². The normalized spacial score (nSPS) is 13.5. The smallest absolute Gasteiger partial charge is 0.379 e. The first-order valence-corrected chi connectivity index (χ1v) is 9.11. The number of aliphatic hydroxyl groups is 1. The SMILES string of the molecule is CC[C@](O)(CSc1ccc(F)cc1)C(=O)Nc1ccc(C#N)c(C(F)(F)F)c1. The molecule has 0 fully saturated rings. The fraction of sp³-hybridized carbons (Fsp3) is 0.263. The molecule has 0 aromatic heterocycles. The van der Waals surface area contributed by atoms with Crippen LogP contribution in [0.4, 0.5) is 23.2 Å². The molecule has 28 heavy (non-hydrogen) atoms. The minimum Gasteiger partial charge on any atom is -0.379 e. The standard InChI is InChI=1S/C19H16F4N2O2S/c1-2-18(27,11-28-15-7-4-13(20)5-8-15)17(26)25-14-6-3-12(10-24)16(9-14)19(21,22)23/h3-9,27H,2,11H2,1H3,(H,25,26)/t18-/m0/s1. The average molecular weight is 412 g/mol. The quantitative estimate of drug-likeness (QED) is 0.538. The van der Waals surface area contributed by atoms with Crippen LogP contribution >= 0.6 is 11.8 Å². The summed E-state index contributed by atoms with van der Waals surface area (Å²) in [5.74, 6) is -1.37. The van der Waals surface area contributed by atoms with Crippen molar-refractivity contribution in [2.45, 2.75) is 30.0 Å². The lowest BCUT2D eigenvalue weighted by Crippen LogP contribution is -2.44. The molecule has 0 aliphatic rings. The summed E-state index contributed by atoms with van der Waals surface area (Å²) < 4.78 is 52.1. The molecule has 0 aliphatic heterocycles. The summed E-state index contributed by atoms with van der Waals surface area (Å²) in [6, 6.07) is 9.68. The van der Waals surface area contributed by atoms with Crippen molar-refractivity contribution < 1.29 is 27.5 Å². The average Bonchev–Trinajstić information content (AvgIpc) is 2.66. The van der Waals surface area contributed by atoms with Crippen LogP contribution in [0.25, 0.3) is 0 Å². The number of carbonyl (C=O) groups is 1. The molecule has 2 aromatic rings. The number of anilines is 1. The Balaban J connectivity index is 2.16. The van der Waals surface area contributed by atoms with Gasteiger partial charge < -0.3 is 10.4 Å². The second kappa shape index (κ2) is 8.63. The van der Waals surface area contributed by atoms with E-state index in [0.29, 0.717) is 11.0 Å². The molecule has 1 atom stereocenters. The van der Waals surface area contributed by atoms with Crippen LogP contribution in [0.3, 0.4) is 0 Å². The molecule has 0 unspecified atom stereocenters. The van der Waals surface area contributed by atoms with Crippen molar-refractivity contribution in [2.75, 3.05) is 11.1 Å². The van der Waals surface area contributed by atoms with Crippen LogP contribution in [0, 0.1) is 17.1 Å². The number of nitrogens with zero attached hydrogens (tertiary/aromatic N) is 1. The van der Waals surface area contributed by atoms with Crippen molar-refractivity contribution in [3.05, 3.63) is 59.4 Å². The van der Waals surface area contributed by atoms with Gasteiger partial charge in [0.05, 0.1) is 17.2 Å². The maximum Gasteiger partial charge on any atom is 0.417 e. The van der Waals surface area contributed by atoms with Gasteiger partial charge in [-0.05, 0) is 48.9 Å². The van der Waals surface area contributed by atoms with E-state index in [1.165, 1.54) is 30.3 Å². The Kier molecular flexibility index (Phi) is 6.69. The van der Waals surface area contributed by atoms with Gasteiger partial charge in [-0.25, -0.2) is 4.39 Å². The second-order valence-electron chi connectivity index (χ2n) is 5.95. The van der Waals surface area contributed by atoms with Crippen LogP contribution in [0.5, 0.6) is 0 Å². The molecule has 0 heterocycles. The summed E-state index contributed by atoms with van der Waals surface area (Å²) in [5, 5.41) is 21.7. The Labute approximate surface area is 163 Å². The fourth-order valence-corrected chi connectivity index (χ4v) is 3.33. The van der Waals surface area contributed by atoms with E-state index < -0.39 is 34.6 Å². The molecule has 2 rings (SSSR count). The van der Waals surface area contributed by atoms with Crippen molar-refractivity contribution in [3.8, 4) is 6.07 Å². The van der Waals surface area contributed by atoms with Gasteiger partial charge in [0, 0.05) is 16.3 Å². The van der Waals surface area contributed by atoms with Crippen LogP contribution < -0.4 is 5.32 Å². The highest BCUT2D eigenvalue weighted by Crippen LogP contribution is 2.34. The Morgan fingerprint density at radius 3 is 2.39 bits per heavy atom. The molecule has 0 spiro atoms. The highest BCUT2D eigenvalue weighted by atomic mass is 32.2. The predicted molar refractivity (Wildman–Crippen MR) is 97.2 cm³/mol. The van der Waals surface area contributed by atoms with Gasteiger partial charge in [-0.1, -0.05) is 6.92 Å². The molecule has 148 valence electrons. The van der Waals surface area contributed by atoms with Gasteiger partial charge in [0.25, 0.3) is 5.91 Å². The summed E-state index contributed by atoms with van der Waals surface area (Å²) in [6.07, 6.45) is -4.75. The number of thioether (sulfide) groups is 1. The first-order chi connectivity index (χ1) is 13.1. The summed E-state index contributed by atoms with van der Waals surface area (Å²) in [5.41, 5.74) is -3.78. The summed E-state index contributed by atoms with van der Waals surface area (Å²) >= 11 is 1.11. The molecule has 4 nitrogen and oxygen atoms in total. The molecular weight excluding hydrogens is 396 g/mol. The molecule has 0 aliphatic carbocycles. The lowest BCUT2D eigenvalue weighted by atomic mass is 10.0. The van der Waals surface area contributed by atoms with Crippen molar-refractivity contribution in [1.82, 2.24) is 0 Å². The van der Waals surface area contributed by atoms with E-state index in [1.54, 1.807) is 6.92 Å². The largest absolute Gasteiger partial charge is 0.417 e. The third-order valence-electron chi connectivity index (χ3n) is 4.00. The van der Waals surface area contributed by atoms with Crippen LogP contribution in [-0.2, 0) is 11.0 Å². The van der Waals surface area contributed by atoms with Crippen molar-refractivity contribution in [1.29, 1.82) is 5.26 Å². The first kappa shape index (κ1) is 21.7. The monoisotopic (exact) mass is 412 g/mol. The molecule has 2 aromatic carbocycles. The molecule has 0 radical (unpaired) electrons. The van der Waals surface area contributed by atoms with Gasteiger partial charge in [0.1, 0.15) is 5.82 Å². The maximum absolute atomic E-state index is 13.0. The zero-order valence-electron chi connectivity index (χ0n) is 14.7. The first-order valence-electron chi connectivity index (χ1n) is 8.12. The lowest BCUT2D eigenvalue weighted by molar-refractivity contribution is -0.138. The topological polar surface area (TPSA) is 73.1 Å². The number of halogens is 4. The Morgan fingerprint density at radius 2 is 1.86 bits per heavy atom. The van der Waals surface area contributed by atoms with Crippen molar-refractivity contribution in [2.24, 2.45) is 0 Å². The molecular formula is C19H16F4N2O2S. The van der Waals surface area contributed by atoms with Gasteiger partial charge in [-0.3, -0.25) is 4.79 Å². The minimum absolute atomic E-state index is 0.00936. The number of rotatable bonds is 6. The number of amides is 1. The Hall–Kier alpha value is -2.57. The molecule has 1 amide bonds. The molecule has 2 N–H and O–H groups in total. The second-order valence-corrected chi connectivity index (χ2v) is 7.00. The number of alkyl halides is 3. The van der Waals surface area contributed by atoms with E-state index in [1.807, 2.05) is 0 Å². The van der Waals surface area contributed by atoms with Gasteiger partial charge >= 0.3 is 6.18 Å². The summed E-state index contributed by atoms with van der Waals surface area (Å²) in [4.78, 5) is 13.1. The highest BCUT2D eigenvalue weighted by Gasteiger charge is 2.36. The van der Waals surface area contributed by atoms with Crippen LogP contribution in [0.15, 0.2) is 47.4 Å². The number of benzene rings is 2. The maximum atomic E-state index is 13.0. The van der Waals surface area contributed by atoms with E-state index in [9.17, 15) is 27.5 Å². The summed E-state index contributed by atoms with van der Waals surface area (Å²) in [6.45, 7) is 1.56. The van der Waals surface area contributed by atoms with E-state index in [-0.39, 0.29) is 17.9 Å². The third-order valence-corrected chi connectivity index (χ3v) is 5.23. The summed E-state index contributed by atoms with van der Waals surface area (Å²) in [7, 11) is 0. The molecule has 0 saturated heterocycles. The zero-order chi connectivity index (χ0) is 20.9. The fourth-order valence-electron chi connectivity index (χ4n) is 2.26. The molecule has 0 saturated carbocycles. The molecule has 0 bridgehead atoms. The van der Waals surface area contributed by atoms with Gasteiger partial charge in [-0.2, -0.15) is 18.4 Å². The third kappa shape index (κ3) is 5.24. The highest BCUT2D eigenvalue weighted by molar-refractivity contribution is 7.99. The van der Waals surface area contributed by atoms with Gasteiger partial charge in [0.2, 0.25) is 0 Å². The number of hydrogen-bond acceptors (Lipinski definition) is 4. The van der Waals surface area contributed by atoms with Crippen LogP contribution in [0.2, 0.25) is 0 Å². The van der Waals surface area contributed by atoms with Crippen molar-refractivity contribution >= 4 is 23.4 Å². The minimum atomic E-state index is -4.76. The van der Waals surface area contributed by atoms with Gasteiger partial charge in [-0.15, -0.1) is 11.8 Å². The number of carbonyl (C=O) groups excluding carboxylic acids is 1. The van der Waals surface area contributed by atoms with E-state index >= 15 is 0 Å². The Morgan fingerprint density at radius 1 is 1.21 bits per heavy atom. The van der Waals surface area contributed by atoms with E-state index in [2.05, 4.69) is 5.32 Å². The predicted octanol–water partition coefficient (Wildman–Crippen LogP) is 4.59. The zero-order valence-corrected chi connectivity index (χ0v) is 15.5. The van der Waals surface area contributed by atoms with E-state index in [0.717, 1.165) is 23.9 Å². The van der Waals surface area contributed by atoms with E-state index in [4.69, 9.17) is 5.26 Å². The molecule has 9 heteroatoms. The Bertz CT molecular complexity index is 894. The number of hydrogen-bond donors (Lipinski definition) is 2. The van der Waals surface area contributed by atoms with Crippen LogP contribution in [0.1, 0.15) is 24.5 Å². The number of nitriles is 1.